The molecule has 1 aromatic carbocycles. The lowest BCUT2D eigenvalue weighted by molar-refractivity contribution is 0.0620. The van der Waals surface area contributed by atoms with Crippen LogP contribution in [0.15, 0.2) is 30.5 Å². The number of thiazole rings is 1. The maximum atomic E-state index is 12.5. The van der Waals surface area contributed by atoms with Crippen molar-refractivity contribution in [3.8, 4) is 10.8 Å². The first kappa shape index (κ1) is 15.6. The van der Waals surface area contributed by atoms with E-state index in [1.165, 1.54) is 37.3 Å². The molecule has 5 nitrogen and oxygen atoms in total. The summed E-state index contributed by atoms with van der Waals surface area (Å²) in [7, 11) is 0. The molecular formula is C18H21N3O2S. The number of benzene rings is 1. The number of aromatic nitrogens is 1. The predicted octanol–water partition coefficient (Wildman–Crippen LogP) is 3.07. The van der Waals surface area contributed by atoms with E-state index >= 15 is 0 Å². The van der Waals surface area contributed by atoms with Gasteiger partial charge in [-0.2, -0.15) is 0 Å². The van der Waals surface area contributed by atoms with Crippen LogP contribution in [0.3, 0.4) is 0 Å². The van der Waals surface area contributed by atoms with Crippen molar-refractivity contribution >= 4 is 17.2 Å². The zero-order valence-electron chi connectivity index (χ0n) is 13.7. The SMILES string of the molecule is Cc1ncc(Oc2ccc(C(=O)N[C@H]3CN4CCC3CC4)cc2)s1. The highest BCUT2D eigenvalue weighted by molar-refractivity contribution is 7.13. The van der Waals surface area contributed by atoms with Gasteiger partial charge in [0.05, 0.1) is 11.2 Å². The lowest BCUT2D eigenvalue weighted by Crippen LogP contribution is -2.57. The van der Waals surface area contributed by atoms with Crippen LogP contribution in [0.25, 0.3) is 0 Å². The molecule has 3 fully saturated rings. The Bertz CT molecular complexity index is 720. The molecule has 0 unspecified atom stereocenters. The lowest BCUT2D eigenvalue weighted by atomic mass is 9.84. The molecule has 3 saturated heterocycles. The molecule has 1 atom stereocenters. The van der Waals surface area contributed by atoms with Crippen LogP contribution < -0.4 is 10.1 Å². The summed E-state index contributed by atoms with van der Waals surface area (Å²) in [5.74, 6) is 1.36. The zero-order chi connectivity index (χ0) is 16.5. The average Bonchev–Trinajstić information content (AvgIpc) is 3.01. The summed E-state index contributed by atoms with van der Waals surface area (Å²) in [6.07, 6.45) is 4.12. The van der Waals surface area contributed by atoms with E-state index in [9.17, 15) is 4.79 Å². The second-order valence-corrected chi connectivity index (χ2v) is 7.74. The zero-order valence-corrected chi connectivity index (χ0v) is 14.5. The molecule has 0 radical (unpaired) electrons. The van der Waals surface area contributed by atoms with Gasteiger partial charge in [-0.15, -0.1) is 0 Å². The summed E-state index contributed by atoms with van der Waals surface area (Å²) in [5, 5.41) is 4.94. The molecule has 6 heteroatoms. The molecule has 3 aliphatic rings. The Labute approximate surface area is 145 Å². The Kier molecular flexibility index (Phi) is 4.24. The first-order valence-corrected chi connectivity index (χ1v) is 9.22. The molecule has 1 aromatic heterocycles. The number of rotatable bonds is 4. The van der Waals surface area contributed by atoms with Crippen LogP contribution >= 0.6 is 11.3 Å². The Balaban J connectivity index is 1.38. The predicted molar refractivity (Wildman–Crippen MR) is 93.8 cm³/mol. The highest BCUT2D eigenvalue weighted by atomic mass is 32.1. The first-order valence-electron chi connectivity index (χ1n) is 8.41. The number of amides is 1. The second-order valence-electron chi connectivity index (χ2n) is 6.54. The maximum absolute atomic E-state index is 12.5. The number of piperidine rings is 3. The smallest absolute Gasteiger partial charge is 0.251 e. The van der Waals surface area contributed by atoms with Gasteiger partial charge in [0, 0.05) is 18.2 Å². The van der Waals surface area contributed by atoms with Crippen LogP contribution in [-0.2, 0) is 0 Å². The van der Waals surface area contributed by atoms with E-state index in [0.29, 0.717) is 11.5 Å². The summed E-state index contributed by atoms with van der Waals surface area (Å²) in [5.41, 5.74) is 0.680. The molecule has 1 amide bonds. The number of nitrogens with one attached hydrogen (secondary N) is 1. The third-order valence-corrected chi connectivity index (χ3v) is 5.70. The number of hydrogen-bond acceptors (Lipinski definition) is 5. The van der Waals surface area contributed by atoms with Crippen molar-refractivity contribution < 1.29 is 9.53 Å². The Hall–Kier alpha value is -1.92. The molecule has 0 spiro atoms. The standard InChI is InChI=1S/C18H21N3O2S/c1-12-19-10-17(24-12)23-15-4-2-14(3-5-15)18(22)20-16-11-21-8-6-13(16)7-9-21/h2-5,10,13,16H,6-9,11H2,1H3,(H,20,22)/t16-/m0/s1. The molecule has 0 aliphatic carbocycles. The van der Waals surface area contributed by atoms with Crippen LogP contribution in [0.1, 0.15) is 28.2 Å². The van der Waals surface area contributed by atoms with E-state index in [2.05, 4.69) is 15.2 Å². The van der Waals surface area contributed by atoms with Gasteiger partial charge in [0.15, 0.2) is 0 Å². The van der Waals surface area contributed by atoms with Gasteiger partial charge in [0.1, 0.15) is 5.75 Å². The molecule has 2 aromatic rings. The highest BCUT2D eigenvalue weighted by Crippen LogP contribution is 2.29. The first-order chi connectivity index (χ1) is 11.7. The van der Waals surface area contributed by atoms with E-state index in [-0.39, 0.29) is 11.9 Å². The fourth-order valence-corrected chi connectivity index (χ4v) is 4.20. The maximum Gasteiger partial charge on any atom is 0.251 e. The number of aryl methyl sites for hydroxylation is 1. The topological polar surface area (TPSA) is 54.5 Å². The molecular weight excluding hydrogens is 322 g/mol. The number of ether oxygens (including phenoxy) is 1. The number of fused-ring (bicyclic) bond motifs is 3. The molecule has 1 N–H and O–H groups in total. The summed E-state index contributed by atoms with van der Waals surface area (Å²) in [4.78, 5) is 19.1. The van der Waals surface area contributed by atoms with Crippen LogP contribution in [0.4, 0.5) is 0 Å². The fraction of sp³-hybridized carbons (Fsp3) is 0.444. The largest absolute Gasteiger partial charge is 0.445 e. The van der Waals surface area contributed by atoms with E-state index in [1.807, 2.05) is 31.2 Å². The van der Waals surface area contributed by atoms with E-state index in [4.69, 9.17) is 4.74 Å². The molecule has 24 heavy (non-hydrogen) atoms. The minimum atomic E-state index is 0.00827. The fourth-order valence-electron chi connectivity index (χ4n) is 3.56. The summed E-state index contributed by atoms with van der Waals surface area (Å²) in [6, 6.07) is 7.59. The lowest BCUT2D eigenvalue weighted by Gasteiger charge is -2.44. The van der Waals surface area contributed by atoms with Crippen molar-refractivity contribution in [3.63, 3.8) is 0 Å². The number of carbonyl (C=O) groups is 1. The number of hydrogen-bond donors (Lipinski definition) is 1. The van der Waals surface area contributed by atoms with Crippen molar-refractivity contribution in [2.24, 2.45) is 5.92 Å². The number of nitrogens with zero attached hydrogens (tertiary/aromatic N) is 2. The van der Waals surface area contributed by atoms with Crippen LogP contribution in [0.5, 0.6) is 10.8 Å². The molecule has 126 valence electrons. The monoisotopic (exact) mass is 343 g/mol. The summed E-state index contributed by atoms with van der Waals surface area (Å²) >= 11 is 1.51. The van der Waals surface area contributed by atoms with Crippen LogP contribution in [0, 0.1) is 12.8 Å². The van der Waals surface area contributed by atoms with Crippen LogP contribution in [-0.4, -0.2) is 41.5 Å². The quantitative estimate of drug-likeness (QED) is 0.927. The molecule has 2 bridgehead atoms. The number of carbonyl (C=O) groups excluding carboxylic acids is 1. The van der Waals surface area contributed by atoms with Gasteiger partial charge in [-0.1, -0.05) is 11.3 Å². The van der Waals surface area contributed by atoms with Crippen molar-refractivity contribution in [2.75, 3.05) is 19.6 Å². The van der Waals surface area contributed by atoms with Gasteiger partial charge in [0.25, 0.3) is 5.91 Å². The minimum Gasteiger partial charge on any atom is -0.445 e. The Morgan fingerprint density at radius 1 is 1.29 bits per heavy atom. The molecule has 3 aliphatic heterocycles. The third-order valence-electron chi connectivity index (χ3n) is 4.91. The van der Waals surface area contributed by atoms with Gasteiger partial charge in [0.2, 0.25) is 5.06 Å². The van der Waals surface area contributed by atoms with Crippen LogP contribution in [0.2, 0.25) is 0 Å². The van der Waals surface area contributed by atoms with Gasteiger partial charge >= 0.3 is 0 Å². The third kappa shape index (κ3) is 3.30. The van der Waals surface area contributed by atoms with E-state index in [1.54, 1.807) is 6.20 Å². The molecule has 5 rings (SSSR count). The Morgan fingerprint density at radius 3 is 2.62 bits per heavy atom. The normalized spacial score (nSPS) is 25.5. The van der Waals surface area contributed by atoms with E-state index in [0.717, 1.165) is 22.4 Å². The van der Waals surface area contributed by atoms with Gasteiger partial charge in [-0.25, -0.2) is 4.98 Å². The van der Waals surface area contributed by atoms with E-state index < -0.39 is 0 Å². The van der Waals surface area contributed by atoms with Gasteiger partial charge < -0.3 is 15.0 Å². The van der Waals surface area contributed by atoms with Gasteiger partial charge in [-0.3, -0.25) is 4.79 Å². The van der Waals surface area contributed by atoms with Crippen molar-refractivity contribution in [2.45, 2.75) is 25.8 Å². The van der Waals surface area contributed by atoms with Crippen molar-refractivity contribution in [1.29, 1.82) is 0 Å². The average molecular weight is 343 g/mol. The highest BCUT2D eigenvalue weighted by Gasteiger charge is 2.34. The Morgan fingerprint density at radius 2 is 2.04 bits per heavy atom. The minimum absolute atomic E-state index is 0.00827. The molecule has 0 saturated carbocycles. The van der Waals surface area contributed by atoms with Gasteiger partial charge in [-0.05, 0) is 63.0 Å². The van der Waals surface area contributed by atoms with Crippen molar-refractivity contribution in [1.82, 2.24) is 15.2 Å². The molecule has 4 heterocycles. The summed E-state index contributed by atoms with van der Waals surface area (Å²) in [6.45, 7) is 5.29. The summed E-state index contributed by atoms with van der Waals surface area (Å²) < 4.78 is 5.74. The van der Waals surface area contributed by atoms with Crippen molar-refractivity contribution in [3.05, 3.63) is 41.0 Å². The second kappa shape index (κ2) is 6.53.